The summed E-state index contributed by atoms with van der Waals surface area (Å²) in [6, 6.07) is 10.6. The third-order valence-electron chi connectivity index (χ3n) is 3.87. The Hall–Kier alpha value is -4.08. The zero-order valence-electron chi connectivity index (χ0n) is 15.7. The van der Waals surface area contributed by atoms with Crippen molar-refractivity contribution < 1.29 is 34.5 Å². The summed E-state index contributed by atoms with van der Waals surface area (Å²) >= 11 is 0. The number of Topliss-reactive ketones (excluding diaryl/α,β-unsaturated/α-hetero) is 1. The van der Waals surface area contributed by atoms with E-state index < -0.39 is 30.2 Å². The number of benzene rings is 2. The average Bonchev–Trinajstić information content (AvgIpc) is 2.71. The maximum atomic E-state index is 12.0. The summed E-state index contributed by atoms with van der Waals surface area (Å²) in [5, 5.41) is 37.3. The van der Waals surface area contributed by atoms with Crippen molar-refractivity contribution in [2.45, 2.75) is 19.3 Å². The quantitative estimate of drug-likeness (QED) is 0.343. The number of azo groups is 1. The number of ketones is 1. The van der Waals surface area contributed by atoms with Crippen LogP contribution in [0.2, 0.25) is 0 Å². The van der Waals surface area contributed by atoms with Crippen LogP contribution < -0.4 is 5.32 Å². The highest BCUT2D eigenvalue weighted by molar-refractivity contribution is 6.00. The van der Waals surface area contributed by atoms with Gasteiger partial charge in [0.15, 0.2) is 5.78 Å². The first kappa shape index (κ1) is 22.2. The number of carbonyl (C=O) groups excluding carboxylic acids is 2. The maximum Gasteiger partial charge on any atom is 0.322 e. The molecule has 10 nitrogen and oxygen atoms in total. The van der Waals surface area contributed by atoms with Crippen molar-refractivity contribution in [3.05, 3.63) is 53.6 Å². The van der Waals surface area contributed by atoms with Crippen molar-refractivity contribution in [1.82, 2.24) is 5.32 Å². The van der Waals surface area contributed by atoms with Gasteiger partial charge in [0.25, 0.3) is 0 Å². The minimum Gasteiger partial charge on any atom is -0.507 e. The van der Waals surface area contributed by atoms with Gasteiger partial charge in [-0.25, -0.2) is 0 Å². The first-order valence-corrected chi connectivity index (χ1v) is 8.82. The molecule has 0 aromatic heterocycles. The number of aliphatic carboxylic acids is 2. The van der Waals surface area contributed by atoms with Crippen LogP contribution in [0.25, 0.3) is 0 Å². The molecule has 0 heterocycles. The zero-order valence-corrected chi connectivity index (χ0v) is 15.7. The first-order valence-electron chi connectivity index (χ1n) is 8.82. The van der Waals surface area contributed by atoms with Crippen molar-refractivity contribution in [3.63, 3.8) is 0 Å². The van der Waals surface area contributed by atoms with Gasteiger partial charge in [0.1, 0.15) is 12.3 Å². The Morgan fingerprint density at radius 1 is 0.833 bits per heavy atom. The molecule has 0 spiro atoms. The van der Waals surface area contributed by atoms with E-state index in [1.165, 1.54) is 18.2 Å². The minimum atomic E-state index is -1.12. The number of nitrogens with zero attached hydrogens (tertiary/aromatic N) is 2. The van der Waals surface area contributed by atoms with Crippen LogP contribution in [0.15, 0.2) is 52.7 Å². The fourth-order valence-corrected chi connectivity index (χ4v) is 2.38. The molecule has 0 aliphatic carbocycles. The number of carbonyl (C=O) groups is 4. The second kappa shape index (κ2) is 10.5. The Bertz CT molecular complexity index is 984. The van der Waals surface area contributed by atoms with E-state index in [2.05, 4.69) is 15.5 Å². The van der Waals surface area contributed by atoms with E-state index in [1.54, 1.807) is 24.3 Å². The maximum absolute atomic E-state index is 12.0. The topological polar surface area (TPSA) is 166 Å². The van der Waals surface area contributed by atoms with Gasteiger partial charge >= 0.3 is 11.9 Å². The SMILES string of the molecule is O=C(O)CCC(=O)c1cc(N=Nc2ccc(CC(=O)NCC(=O)O)cc2)ccc1O. The molecule has 1 amide bonds. The normalized spacial score (nSPS) is 10.7. The third-order valence-corrected chi connectivity index (χ3v) is 3.87. The molecular formula is C20H19N3O7. The highest BCUT2D eigenvalue weighted by Gasteiger charge is 2.13. The fraction of sp³-hybridized carbons (Fsp3) is 0.200. The number of rotatable bonds is 10. The van der Waals surface area contributed by atoms with Crippen molar-refractivity contribution in [1.29, 1.82) is 0 Å². The zero-order chi connectivity index (χ0) is 22.1. The lowest BCUT2D eigenvalue weighted by atomic mass is 10.0. The fourth-order valence-electron chi connectivity index (χ4n) is 2.38. The molecule has 0 bridgehead atoms. The van der Waals surface area contributed by atoms with Gasteiger partial charge in [0, 0.05) is 6.42 Å². The number of hydrogen-bond donors (Lipinski definition) is 4. The van der Waals surface area contributed by atoms with Gasteiger partial charge in [-0.05, 0) is 35.9 Å². The molecule has 0 saturated carbocycles. The van der Waals surface area contributed by atoms with Crippen molar-refractivity contribution in [2.24, 2.45) is 10.2 Å². The molecule has 0 unspecified atom stereocenters. The molecule has 0 aliphatic heterocycles. The number of carboxylic acid groups (broad SMARTS) is 2. The van der Waals surface area contributed by atoms with Gasteiger partial charge < -0.3 is 20.6 Å². The Kier molecular flexibility index (Phi) is 7.74. The van der Waals surface area contributed by atoms with Gasteiger partial charge in [-0.3, -0.25) is 19.2 Å². The van der Waals surface area contributed by atoms with E-state index >= 15 is 0 Å². The lowest BCUT2D eigenvalue weighted by Crippen LogP contribution is -2.30. The standard InChI is InChI=1S/C20H19N3O7/c24-16-6-5-14(10-15(16)17(25)7-8-19(27)28)23-22-13-3-1-12(2-4-13)9-18(26)21-11-20(29)30/h1-6,10,24H,7-9,11H2,(H,21,26)(H,27,28)(H,29,30). The highest BCUT2D eigenvalue weighted by atomic mass is 16.4. The lowest BCUT2D eigenvalue weighted by molar-refractivity contribution is -0.138. The second-order valence-corrected chi connectivity index (χ2v) is 6.23. The number of carboxylic acids is 2. The van der Waals surface area contributed by atoms with E-state index in [1.807, 2.05) is 0 Å². The van der Waals surface area contributed by atoms with E-state index in [-0.39, 0.29) is 30.6 Å². The van der Waals surface area contributed by atoms with Crippen LogP contribution in [0.1, 0.15) is 28.8 Å². The Morgan fingerprint density at radius 3 is 2.10 bits per heavy atom. The molecule has 0 aliphatic rings. The summed E-state index contributed by atoms with van der Waals surface area (Å²) in [7, 11) is 0. The van der Waals surface area contributed by atoms with Gasteiger partial charge in [-0.2, -0.15) is 10.2 Å². The molecule has 10 heteroatoms. The molecule has 4 N–H and O–H groups in total. The van der Waals surface area contributed by atoms with Crippen LogP contribution in [0.5, 0.6) is 5.75 Å². The molecule has 0 atom stereocenters. The smallest absolute Gasteiger partial charge is 0.322 e. The molecule has 0 radical (unpaired) electrons. The summed E-state index contributed by atoms with van der Waals surface area (Å²) in [4.78, 5) is 44.7. The van der Waals surface area contributed by atoms with Crippen molar-refractivity contribution in [3.8, 4) is 5.75 Å². The molecule has 30 heavy (non-hydrogen) atoms. The highest BCUT2D eigenvalue weighted by Crippen LogP contribution is 2.26. The number of amides is 1. The van der Waals surface area contributed by atoms with E-state index in [0.717, 1.165) is 0 Å². The number of hydrogen-bond acceptors (Lipinski definition) is 7. The van der Waals surface area contributed by atoms with E-state index in [0.29, 0.717) is 16.9 Å². The summed E-state index contributed by atoms with van der Waals surface area (Å²) in [6.45, 7) is -0.446. The second-order valence-electron chi connectivity index (χ2n) is 6.23. The summed E-state index contributed by atoms with van der Waals surface area (Å²) in [6.07, 6.45) is -0.569. The predicted octanol–water partition coefficient (Wildman–Crippen LogP) is 2.60. The van der Waals surface area contributed by atoms with Gasteiger partial charge in [-0.15, -0.1) is 0 Å². The van der Waals surface area contributed by atoms with Crippen LogP contribution in [0.4, 0.5) is 11.4 Å². The van der Waals surface area contributed by atoms with Crippen LogP contribution >= 0.6 is 0 Å². The Morgan fingerprint density at radius 2 is 1.47 bits per heavy atom. The van der Waals surface area contributed by atoms with E-state index in [4.69, 9.17) is 10.2 Å². The monoisotopic (exact) mass is 413 g/mol. The van der Waals surface area contributed by atoms with Gasteiger partial charge in [0.05, 0.1) is 29.8 Å². The Labute approximate surface area is 170 Å². The molecule has 2 aromatic rings. The average molecular weight is 413 g/mol. The molecule has 0 fully saturated rings. The number of phenolic OH excluding ortho intramolecular Hbond substituents is 1. The van der Waals surface area contributed by atoms with Gasteiger partial charge in [-0.1, -0.05) is 12.1 Å². The van der Waals surface area contributed by atoms with Crippen LogP contribution in [-0.4, -0.2) is 45.5 Å². The molecule has 2 rings (SSSR count). The minimum absolute atomic E-state index is 0.0183. The molecule has 156 valence electrons. The van der Waals surface area contributed by atoms with Crippen molar-refractivity contribution in [2.75, 3.05) is 6.54 Å². The first-order chi connectivity index (χ1) is 14.2. The largest absolute Gasteiger partial charge is 0.507 e. The third kappa shape index (κ3) is 7.15. The molecule has 2 aromatic carbocycles. The summed E-state index contributed by atoms with van der Waals surface area (Å²) < 4.78 is 0. The molecule has 0 saturated heterocycles. The number of nitrogens with one attached hydrogen (secondary N) is 1. The Balaban J connectivity index is 2.02. The number of aromatic hydroxyl groups is 1. The summed E-state index contributed by atoms with van der Waals surface area (Å²) in [5.74, 6) is -3.44. The van der Waals surface area contributed by atoms with Crippen molar-refractivity contribution >= 4 is 35.0 Å². The predicted molar refractivity (Wildman–Crippen MR) is 104 cm³/mol. The number of phenols is 1. The van der Waals surface area contributed by atoms with Crippen LogP contribution in [0.3, 0.4) is 0 Å². The summed E-state index contributed by atoms with van der Waals surface area (Å²) in [5.41, 5.74) is 1.39. The molecular weight excluding hydrogens is 394 g/mol. The van der Waals surface area contributed by atoms with Crippen LogP contribution in [0, 0.1) is 0 Å². The lowest BCUT2D eigenvalue weighted by Gasteiger charge is -2.04. The van der Waals surface area contributed by atoms with Crippen LogP contribution in [-0.2, 0) is 20.8 Å². The van der Waals surface area contributed by atoms with Gasteiger partial charge in [0.2, 0.25) is 5.91 Å². The van der Waals surface area contributed by atoms with E-state index in [9.17, 15) is 24.3 Å².